The van der Waals surface area contributed by atoms with E-state index in [9.17, 15) is 9.59 Å². The van der Waals surface area contributed by atoms with Crippen LogP contribution in [0.1, 0.15) is 38.1 Å². The molecule has 1 aromatic rings. The molecule has 2 amide bonds. The van der Waals surface area contributed by atoms with Crippen LogP contribution in [0.5, 0.6) is 5.75 Å². The average molecular weight is 323 g/mol. The standard InChI is InChI=1S/C16H25N3O4/c1-10(2)9-23-12-7-5-11(6-8-12)14(20)18-13(15(21)19-22)16(3,4)17/h5-8,10,13,22H,9,17H2,1-4H3,(H,18,20)(H,19,21)/t13-/m1/s1. The Morgan fingerprint density at radius 1 is 1.26 bits per heavy atom. The lowest BCUT2D eigenvalue weighted by atomic mass is 9.95. The van der Waals surface area contributed by atoms with E-state index in [4.69, 9.17) is 15.7 Å². The number of benzene rings is 1. The van der Waals surface area contributed by atoms with Crippen molar-refractivity contribution in [1.82, 2.24) is 10.8 Å². The summed E-state index contributed by atoms with van der Waals surface area (Å²) in [6, 6.07) is 5.50. The van der Waals surface area contributed by atoms with Gasteiger partial charge in [0, 0.05) is 11.1 Å². The highest BCUT2D eigenvalue weighted by Crippen LogP contribution is 2.14. The van der Waals surface area contributed by atoms with Gasteiger partial charge in [0.25, 0.3) is 11.8 Å². The van der Waals surface area contributed by atoms with Crippen LogP contribution in [0.25, 0.3) is 0 Å². The molecule has 0 aliphatic carbocycles. The number of nitrogens with two attached hydrogens (primary N) is 1. The molecule has 0 saturated heterocycles. The summed E-state index contributed by atoms with van der Waals surface area (Å²) in [4.78, 5) is 23.9. The molecule has 5 N–H and O–H groups in total. The van der Waals surface area contributed by atoms with Gasteiger partial charge in [0.15, 0.2) is 0 Å². The average Bonchev–Trinajstić information content (AvgIpc) is 2.49. The number of hydrogen-bond donors (Lipinski definition) is 4. The maximum absolute atomic E-state index is 12.2. The molecule has 0 aliphatic heterocycles. The van der Waals surface area contributed by atoms with Gasteiger partial charge in [0.2, 0.25) is 0 Å². The van der Waals surface area contributed by atoms with E-state index >= 15 is 0 Å². The fourth-order valence-electron chi connectivity index (χ4n) is 1.83. The Hall–Kier alpha value is -2.12. The minimum absolute atomic E-state index is 0.363. The van der Waals surface area contributed by atoms with Crippen LogP contribution in [0.15, 0.2) is 24.3 Å². The second-order valence-corrected chi connectivity index (χ2v) is 6.43. The molecular weight excluding hydrogens is 298 g/mol. The minimum Gasteiger partial charge on any atom is -0.493 e. The summed E-state index contributed by atoms with van der Waals surface area (Å²) in [5, 5.41) is 11.3. The predicted molar refractivity (Wildman–Crippen MR) is 86.2 cm³/mol. The maximum Gasteiger partial charge on any atom is 0.267 e. The van der Waals surface area contributed by atoms with E-state index in [0.29, 0.717) is 23.8 Å². The van der Waals surface area contributed by atoms with Crippen LogP contribution in [0.4, 0.5) is 0 Å². The Bertz CT molecular complexity index is 535. The van der Waals surface area contributed by atoms with Crippen molar-refractivity contribution >= 4 is 11.8 Å². The Morgan fingerprint density at radius 2 is 1.83 bits per heavy atom. The summed E-state index contributed by atoms with van der Waals surface area (Å²) in [7, 11) is 0. The van der Waals surface area contributed by atoms with Crippen LogP contribution >= 0.6 is 0 Å². The van der Waals surface area contributed by atoms with E-state index in [1.165, 1.54) is 5.48 Å². The third-order valence-corrected chi connectivity index (χ3v) is 3.09. The zero-order valence-corrected chi connectivity index (χ0v) is 13.9. The van der Waals surface area contributed by atoms with E-state index in [2.05, 4.69) is 5.32 Å². The van der Waals surface area contributed by atoms with Crippen molar-refractivity contribution in [2.24, 2.45) is 11.7 Å². The van der Waals surface area contributed by atoms with Gasteiger partial charge in [0.05, 0.1) is 6.61 Å². The molecule has 0 bridgehead atoms. The molecule has 7 nitrogen and oxygen atoms in total. The SMILES string of the molecule is CC(C)COc1ccc(C(=O)N[C@H](C(=O)NO)C(C)(C)N)cc1. The molecule has 128 valence electrons. The first-order valence-electron chi connectivity index (χ1n) is 7.41. The summed E-state index contributed by atoms with van der Waals surface area (Å²) in [5.41, 5.74) is 6.70. The van der Waals surface area contributed by atoms with Gasteiger partial charge in [-0.1, -0.05) is 13.8 Å². The van der Waals surface area contributed by atoms with Crippen LogP contribution in [0, 0.1) is 5.92 Å². The monoisotopic (exact) mass is 323 g/mol. The van der Waals surface area contributed by atoms with E-state index in [1.807, 2.05) is 13.8 Å². The number of carbonyl (C=O) groups excluding carboxylic acids is 2. The molecule has 0 fully saturated rings. The van der Waals surface area contributed by atoms with Gasteiger partial charge in [-0.2, -0.15) is 0 Å². The van der Waals surface area contributed by atoms with Gasteiger partial charge in [-0.3, -0.25) is 14.8 Å². The molecule has 0 unspecified atom stereocenters. The highest BCUT2D eigenvalue weighted by Gasteiger charge is 2.33. The molecule has 0 spiro atoms. The minimum atomic E-state index is -1.07. The highest BCUT2D eigenvalue weighted by molar-refractivity contribution is 5.97. The lowest BCUT2D eigenvalue weighted by molar-refractivity contribution is -0.132. The zero-order chi connectivity index (χ0) is 17.6. The molecule has 0 aromatic heterocycles. The number of amides is 2. The largest absolute Gasteiger partial charge is 0.493 e. The molecule has 1 atom stereocenters. The lowest BCUT2D eigenvalue weighted by Crippen LogP contribution is -2.61. The van der Waals surface area contributed by atoms with Gasteiger partial charge in [-0.25, -0.2) is 5.48 Å². The maximum atomic E-state index is 12.2. The highest BCUT2D eigenvalue weighted by atomic mass is 16.5. The van der Waals surface area contributed by atoms with Gasteiger partial charge in [0.1, 0.15) is 11.8 Å². The van der Waals surface area contributed by atoms with Gasteiger partial charge >= 0.3 is 0 Å². The van der Waals surface area contributed by atoms with E-state index in [-0.39, 0.29) is 0 Å². The molecule has 7 heteroatoms. The summed E-state index contributed by atoms with van der Waals surface area (Å²) in [5.74, 6) is -0.170. The van der Waals surface area contributed by atoms with Crippen molar-refractivity contribution in [1.29, 1.82) is 0 Å². The number of hydroxylamine groups is 1. The van der Waals surface area contributed by atoms with Crippen LogP contribution in [0.2, 0.25) is 0 Å². The third-order valence-electron chi connectivity index (χ3n) is 3.09. The smallest absolute Gasteiger partial charge is 0.267 e. The topological polar surface area (TPSA) is 114 Å². The number of carbonyl (C=O) groups is 2. The van der Waals surface area contributed by atoms with Crippen molar-refractivity contribution < 1.29 is 19.5 Å². The Balaban J connectivity index is 2.78. The zero-order valence-electron chi connectivity index (χ0n) is 13.9. The number of ether oxygens (including phenoxy) is 1. The predicted octanol–water partition coefficient (Wildman–Crippen LogP) is 1.06. The second kappa shape index (κ2) is 7.94. The van der Waals surface area contributed by atoms with Crippen LogP contribution < -0.4 is 21.3 Å². The molecule has 23 heavy (non-hydrogen) atoms. The van der Waals surface area contributed by atoms with Crippen molar-refractivity contribution in [3.8, 4) is 5.75 Å². The Morgan fingerprint density at radius 3 is 2.26 bits per heavy atom. The van der Waals surface area contributed by atoms with Gasteiger partial charge in [-0.05, 0) is 44.0 Å². The molecular formula is C16H25N3O4. The van der Waals surface area contributed by atoms with Gasteiger partial charge in [-0.15, -0.1) is 0 Å². The first-order chi connectivity index (χ1) is 10.6. The normalized spacial score (nSPS) is 12.7. The number of rotatable bonds is 7. The summed E-state index contributed by atoms with van der Waals surface area (Å²) in [6.45, 7) is 7.84. The van der Waals surface area contributed by atoms with Crippen molar-refractivity contribution in [3.63, 3.8) is 0 Å². The molecule has 0 aliphatic rings. The fourth-order valence-corrected chi connectivity index (χ4v) is 1.83. The van der Waals surface area contributed by atoms with E-state index < -0.39 is 23.4 Å². The summed E-state index contributed by atoms with van der Waals surface area (Å²) < 4.78 is 5.54. The third kappa shape index (κ3) is 5.88. The molecule has 1 aromatic carbocycles. The molecule has 0 heterocycles. The summed E-state index contributed by atoms with van der Waals surface area (Å²) >= 11 is 0. The van der Waals surface area contributed by atoms with Crippen LogP contribution in [-0.2, 0) is 4.79 Å². The van der Waals surface area contributed by atoms with Crippen molar-refractivity contribution in [2.75, 3.05) is 6.61 Å². The molecule has 0 radical (unpaired) electrons. The van der Waals surface area contributed by atoms with Gasteiger partial charge < -0.3 is 15.8 Å². The number of nitrogens with one attached hydrogen (secondary N) is 2. The Labute approximate surface area is 136 Å². The van der Waals surface area contributed by atoms with Crippen molar-refractivity contribution in [3.05, 3.63) is 29.8 Å². The molecule has 1 rings (SSSR count). The summed E-state index contributed by atoms with van der Waals surface area (Å²) in [6.07, 6.45) is 0. The number of hydrogen-bond acceptors (Lipinski definition) is 5. The first kappa shape index (κ1) is 18.9. The van der Waals surface area contributed by atoms with Crippen LogP contribution in [-0.4, -0.2) is 35.2 Å². The fraction of sp³-hybridized carbons (Fsp3) is 0.500. The first-order valence-corrected chi connectivity index (χ1v) is 7.41. The second-order valence-electron chi connectivity index (χ2n) is 6.43. The lowest BCUT2D eigenvalue weighted by Gasteiger charge is -2.29. The Kier molecular flexibility index (Phi) is 6.53. The van der Waals surface area contributed by atoms with E-state index in [0.717, 1.165) is 0 Å². The van der Waals surface area contributed by atoms with Crippen molar-refractivity contribution in [2.45, 2.75) is 39.3 Å². The van der Waals surface area contributed by atoms with Crippen LogP contribution in [0.3, 0.4) is 0 Å². The van der Waals surface area contributed by atoms with E-state index in [1.54, 1.807) is 38.1 Å². The quantitative estimate of drug-likeness (QED) is 0.443. The molecule has 0 saturated carbocycles.